The van der Waals surface area contributed by atoms with Crippen LogP contribution in [0.15, 0.2) is 18.2 Å². The maximum Gasteiger partial charge on any atom is 0.309 e. The van der Waals surface area contributed by atoms with Gasteiger partial charge in [0.2, 0.25) is 0 Å². The number of methoxy groups -OCH3 is 1. The Bertz CT molecular complexity index is 428. The smallest absolute Gasteiger partial charge is 0.309 e. The Morgan fingerprint density at radius 3 is 2.83 bits per heavy atom. The molecule has 1 heterocycles. The van der Waals surface area contributed by atoms with Gasteiger partial charge in [-0.05, 0) is 49.0 Å². The molecule has 1 N–H and O–H groups in total. The summed E-state index contributed by atoms with van der Waals surface area (Å²) in [5.74, 6) is -0.211. The monoisotopic (exact) mass is 251 g/mol. The third-order valence-electron chi connectivity index (χ3n) is 3.42. The lowest BCUT2D eigenvalue weighted by Crippen LogP contribution is -2.27. The van der Waals surface area contributed by atoms with Gasteiger partial charge in [0.25, 0.3) is 0 Å². The van der Waals surface area contributed by atoms with E-state index in [9.17, 15) is 9.18 Å². The lowest BCUT2D eigenvalue weighted by Gasteiger charge is -2.23. The predicted molar refractivity (Wildman–Crippen MR) is 67.0 cm³/mol. The number of nitrogens with one attached hydrogen (secondary N) is 1. The number of ether oxygens (including phenoxy) is 1. The van der Waals surface area contributed by atoms with Crippen LogP contribution in [0.5, 0.6) is 0 Å². The van der Waals surface area contributed by atoms with Crippen LogP contribution in [0.3, 0.4) is 0 Å². The Kier molecular flexibility index (Phi) is 4.31. The highest BCUT2D eigenvalue weighted by atomic mass is 19.1. The van der Waals surface area contributed by atoms with Crippen molar-refractivity contribution in [1.29, 1.82) is 0 Å². The first-order valence-corrected chi connectivity index (χ1v) is 6.26. The van der Waals surface area contributed by atoms with Gasteiger partial charge in [-0.3, -0.25) is 4.79 Å². The Labute approximate surface area is 106 Å². The first kappa shape index (κ1) is 13.0. The van der Waals surface area contributed by atoms with Crippen LogP contribution in [0.25, 0.3) is 0 Å². The molecule has 98 valence electrons. The average molecular weight is 251 g/mol. The normalized spacial score (nSPS) is 16.6. The van der Waals surface area contributed by atoms with E-state index in [0.717, 1.165) is 37.1 Å². The Hall–Kier alpha value is -1.42. The van der Waals surface area contributed by atoms with Crippen LogP contribution >= 0.6 is 0 Å². The predicted octanol–water partition coefficient (Wildman–Crippen LogP) is 2.01. The van der Waals surface area contributed by atoms with Crippen molar-refractivity contribution in [3.63, 3.8) is 0 Å². The average Bonchev–Trinajstić information content (AvgIpc) is 2.42. The number of piperidine rings is 1. The molecule has 0 aliphatic carbocycles. The van der Waals surface area contributed by atoms with E-state index < -0.39 is 0 Å². The summed E-state index contributed by atoms with van der Waals surface area (Å²) in [5.41, 5.74) is 1.55. The number of benzene rings is 1. The molecule has 0 amide bonds. The van der Waals surface area contributed by atoms with Crippen molar-refractivity contribution in [2.75, 3.05) is 20.2 Å². The first-order valence-electron chi connectivity index (χ1n) is 6.26. The van der Waals surface area contributed by atoms with Gasteiger partial charge < -0.3 is 10.1 Å². The fourth-order valence-electron chi connectivity index (χ4n) is 2.39. The standard InChI is InChI=1S/C14H18FNO2/c1-18-14(17)9-10-2-3-13(15)12(8-10)11-4-6-16-7-5-11/h2-3,8,11,16H,4-7,9H2,1H3. The van der Waals surface area contributed by atoms with Gasteiger partial charge in [0, 0.05) is 0 Å². The Balaban J connectivity index is 2.17. The minimum absolute atomic E-state index is 0.171. The second-order valence-electron chi connectivity index (χ2n) is 4.63. The molecule has 1 aromatic carbocycles. The minimum atomic E-state index is -0.294. The van der Waals surface area contributed by atoms with Crippen molar-refractivity contribution in [2.24, 2.45) is 0 Å². The summed E-state index contributed by atoms with van der Waals surface area (Å²) in [6.07, 6.45) is 2.09. The molecule has 1 aliphatic heterocycles. The molecule has 1 fully saturated rings. The van der Waals surface area contributed by atoms with Crippen LogP contribution in [0, 0.1) is 5.82 Å². The van der Waals surface area contributed by atoms with Crippen molar-refractivity contribution in [3.05, 3.63) is 35.1 Å². The molecule has 0 saturated carbocycles. The van der Waals surface area contributed by atoms with Crippen molar-refractivity contribution < 1.29 is 13.9 Å². The van der Waals surface area contributed by atoms with Crippen molar-refractivity contribution in [1.82, 2.24) is 5.32 Å². The molecule has 0 radical (unpaired) electrons. The zero-order chi connectivity index (χ0) is 13.0. The third-order valence-corrected chi connectivity index (χ3v) is 3.42. The number of hydrogen-bond donors (Lipinski definition) is 1. The number of esters is 1. The topological polar surface area (TPSA) is 38.3 Å². The molecular formula is C14H18FNO2. The van der Waals surface area contributed by atoms with Gasteiger partial charge in [-0.1, -0.05) is 12.1 Å². The summed E-state index contributed by atoms with van der Waals surface area (Å²) in [7, 11) is 1.36. The fraction of sp³-hybridized carbons (Fsp3) is 0.500. The van der Waals surface area contributed by atoms with E-state index in [1.165, 1.54) is 13.2 Å². The van der Waals surface area contributed by atoms with Gasteiger partial charge in [-0.25, -0.2) is 4.39 Å². The molecule has 1 saturated heterocycles. The van der Waals surface area contributed by atoms with Gasteiger partial charge >= 0.3 is 5.97 Å². The third kappa shape index (κ3) is 3.07. The molecule has 0 aromatic heterocycles. The molecular weight excluding hydrogens is 233 g/mol. The number of carbonyl (C=O) groups excluding carboxylic acids is 1. The number of carbonyl (C=O) groups is 1. The van der Waals surface area contributed by atoms with E-state index >= 15 is 0 Å². The van der Waals surface area contributed by atoms with E-state index in [1.807, 2.05) is 6.07 Å². The van der Waals surface area contributed by atoms with Crippen molar-refractivity contribution in [2.45, 2.75) is 25.2 Å². The highest BCUT2D eigenvalue weighted by Gasteiger charge is 2.19. The van der Waals surface area contributed by atoms with Gasteiger partial charge in [0.05, 0.1) is 13.5 Å². The van der Waals surface area contributed by atoms with Crippen LogP contribution in [0.2, 0.25) is 0 Å². The zero-order valence-electron chi connectivity index (χ0n) is 10.5. The zero-order valence-corrected chi connectivity index (χ0v) is 10.5. The maximum atomic E-state index is 13.8. The minimum Gasteiger partial charge on any atom is -0.469 e. The largest absolute Gasteiger partial charge is 0.469 e. The number of halogens is 1. The van der Waals surface area contributed by atoms with Gasteiger partial charge in [-0.15, -0.1) is 0 Å². The highest BCUT2D eigenvalue weighted by Crippen LogP contribution is 2.28. The van der Waals surface area contributed by atoms with Crippen LogP contribution in [0.4, 0.5) is 4.39 Å². The van der Waals surface area contributed by atoms with E-state index in [-0.39, 0.29) is 24.1 Å². The number of rotatable bonds is 3. The summed E-state index contributed by atoms with van der Waals surface area (Å²) in [6.45, 7) is 1.84. The first-order chi connectivity index (χ1) is 8.70. The molecule has 1 aliphatic rings. The van der Waals surface area contributed by atoms with Crippen LogP contribution < -0.4 is 5.32 Å². The summed E-state index contributed by atoms with van der Waals surface area (Å²) >= 11 is 0. The molecule has 0 atom stereocenters. The lowest BCUT2D eigenvalue weighted by molar-refractivity contribution is -0.139. The molecule has 0 unspecified atom stereocenters. The van der Waals surface area contributed by atoms with Gasteiger partial charge in [-0.2, -0.15) is 0 Å². The second kappa shape index (κ2) is 5.96. The lowest BCUT2D eigenvalue weighted by atomic mass is 9.88. The molecule has 4 heteroatoms. The van der Waals surface area contributed by atoms with Crippen LogP contribution in [-0.2, 0) is 16.0 Å². The SMILES string of the molecule is COC(=O)Cc1ccc(F)c(C2CCNCC2)c1. The molecule has 1 aromatic rings. The Morgan fingerprint density at radius 1 is 1.44 bits per heavy atom. The highest BCUT2D eigenvalue weighted by molar-refractivity contribution is 5.72. The second-order valence-corrected chi connectivity index (χ2v) is 4.63. The molecule has 2 rings (SSSR count). The van der Waals surface area contributed by atoms with E-state index in [1.54, 1.807) is 6.07 Å². The fourth-order valence-corrected chi connectivity index (χ4v) is 2.39. The van der Waals surface area contributed by atoms with E-state index in [2.05, 4.69) is 10.1 Å². The summed E-state index contributed by atoms with van der Waals surface area (Å²) < 4.78 is 18.5. The quantitative estimate of drug-likeness (QED) is 0.835. The molecule has 0 spiro atoms. The number of hydrogen-bond acceptors (Lipinski definition) is 3. The summed E-state index contributed by atoms with van der Waals surface area (Å²) in [4.78, 5) is 11.2. The van der Waals surface area contributed by atoms with E-state index in [4.69, 9.17) is 0 Å². The maximum absolute atomic E-state index is 13.8. The summed E-state index contributed by atoms with van der Waals surface area (Å²) in [6, 6.07) is 4.91. The van der Waals surface area contributed by atoms with Crippen molar-refractivity contribution in [3.8, 4) is 0 Å². The van der Waals surface area contributed by atoms with Gasteiger partial charge in [0.15, 0.2) is 0 Å². The Morgan fingerprint density at radius 2 is 2.17 bits per heavy atom. The van der Waals surface area contributed by atoms with Gasteiger partial charge in [0.1, 0.15) is 5.82 Å². The summed E-state index contributed by atoms with van der Waals surface area (Å²) in [5, 5.41) is 3.26. The molecule has 3 nitrogen and oxygen atoms in total. The van der Waals surface area contributed by atoms with Crippen LogP contribution in [-0.4, -0.2) is 26.2 Å². The van der Waals surface area contributed by atoms with Crippen molar-refractivity contribution >= 4 is 5.97 Å². The molecule has 18 heavy (non-hydrogen) atoms. The van der Waals surface area contributed by atoms with Crippen LogP contribution in [0.1, 0.15) is 29.9 Å². The van der Waals surface area contributed by atoms with E-state index in [0.29, 0.717) is 0 Å². The molecule has 0 bridgehead atoms.